The molecule has 0 aromatic rings. The number of fused-ring (bicyclic) bond motifs is 1. The summed E-state index contributed by atoms with van der Waals surface area (Å²) in [5, 5.41) is 39.5. The van der Waals surface area contributed by atoms with Crippen LogP contribution in [-0.2, 0) is 0 Å². The molecule has 3 saturated carbocycles. The zero-order valence-corrected chi connectivity index (χ0v) is 19.6. The second-order valence-electron chi connectivity index (χ2n) is 10.8. The van der Waals surface area contributed by atoms with Gasteiger partial charge in [-0.2, -0.15) is 0 Å². The van der Waals surface area contributed by atoms with Gasteiger partial charge in [-0.25, -0.2) is 0 Å². The summed E-state index contributed by atoms with van der Waals surface area (Å²) in [5.41, 5.74) is 2.46. The summed E-state index contributed by atoms with van der Waals surface area (Å²) in [5.74, 6) is 1.62. The van der Waals surface area contributed by atoms with Gasteiger partial charge in [-0.15, -0.1) is 0 Å². The van der Waals surface area contributed by atoms with Gasteiger partial charge < -0.3 is 20.4 Å². The Morgan fingerprint density at radius 1 is 1.26 bits per heavy atom. The zero-order valence-electron chi connectivity index (χ0n) is 19.6. The van der Waals surface area contributed by atoms with Crippen molar-refractivity contribution in [3.05, 3.63) is 47.6 Å². The average molecular weight is 431 g/mol. The fraction of sp³-hybridized carbons (Fsp3) is 0.704. The van der Waals surface area contributed by atoms with Crippen LogP contribution in [0.5, 0.6) is 0 Å². The molecule has 0 aliphatic heterocycles. The van der Waals surface area contributed by atoms with E-state index in [1.165, 1.54) is 31.3 Å². The monoisotopic (exact) mass is 430 g/mol. The van der Waals surface area contributed by atoms with Crippen LogP contribution in [0, 0.1) is 23.2 Å². The maximum atomic E-state index is 10.1. The van der Waals surface area contributed by atoms with Crippen molar-refractivity contribution in [2.24, 2.45) is 23.2 Å². The van der Waals surface area contributed by atoms with Crippen molar-refractivity contribution in [1.82, 2.24) is 0 Å². The molecule has 0 radical (unpaired) electrons. The van der Waals surface area contributed by atoms with E-state index in [1.54, 1.807) is 6.92 Å². The summed E-state index contributed by atoms with van der Waals surface area (Å²) in [6.07, 6.45) is 14.9. The number of aliphatic hydroxyl groups is 4. The third-order valence-corrected chi connectivity index (χ3v) is 8.27. The first-order valence-electron chi connectivity index (χ1n) is 12.0. The standard InChI is InChI=1S/C27H42O4/c1-18(7-5-13-26(3,31)17-28)23-11-12-24-20(8-6-14-27(23,24)4)9-10-21-15-22(29)16-25(30)19(21)2/h5,7,9-10,18,22-25,28-31H,2,6,8,11-17H2,1,3-4H3/b7-5+,20-9-,21-10-/t18-,22-,23-,24+,25+,26+,27-/m1/s1. The molecular weight excluding hydrogens is 388 g/mol. The summed E-state index contributed by atoms with van der Waals surface area (Å²) in [4.78, 5) is 0. The average Bonchev–Trinajstić information content (AvgIpc) is 3.07. The molecule has 3 fully saturated rings. The van der Waals surface area contributed by atoms with Crippen molar-refractivity contribution in [3.63, 3.8) is 0 Å². The lowest BCUT2D eigenvalue weighted by molar-refractivity contribution is 0.00435. The van der Waals surface area contributed by atoms with Gasteiger partial charge in [0.15, 0.2) is 0 Å². The molecule has 31 heavy (non-hydrogen) atoms. The minimum Gasteiger partial charge on any atom is -0.393 e. The van der Waals surface area contributed by atoms with Crippen LogP contribution in [0.25, 0.3) is 0 Å². The summed E-state index contributed by atoms with van der Waals surface area (Å²) in [6, 6.07) is 0. The highest BCUT2D eigenvalue weighted by Gasteiger charge is 2.50. The molecule has 0 saturated heterocycles. The van der Waals surface area contributed by atoms with Crippen LogP contribution >= 0.6 is 0 Å². The van der Waals surface area contributed by atoms with Crippen molar-refractivity contribution in [3.8, 4) is 0 Å². The normalized spacial score (nSPS) is 39.8. The molecule has 0 heterocycles. The van der Waals surface area contributed by atoms with Gasteiger partial charge in [-0.1, -0.05) is 50.3 Å². The van der Waals surface area contributed by atoms with Crippen LogP contribution in [0.4, 0.5) is 0 Å². The Morgan fingerprint density at radius 3 is 2.71 bits per heavy atom. The van der Waals surface area contributed by atoms with E-state index >= 15 is 0 Å². The molecule has 4 N–H and O–H groups in total. The maximum Gasteiger partial charge on any atom is 0.0883 e. The molecular formula is C27H42O4. The van der Waals surface area contributed by atoms with E-state index in [0.717, 1.165) is 17.6 Å². The lowest BCUT2D eigenvalue weighted by atomic mass is 9.61. The van der Waals surface area contributed by atoms with Crippen molar-refractivity contribution in [2.75, 3.05) is 6.61 Å². The Labute approximate surface area is 188 Å². The molecule has 174 valence electrons. The van der Waals surface area contributed by atoms with Crippen LogP contribution in [0.2, 0.25) is 0 Å². The van der Waals surface area contributed by atoms with Gasteiger partial charge in [0.05, 0.1) is 24.4 Å². The molecule has 0 aromatic carbocycles. The first-order valence-corrected chi connectivity index (χ1v) is 12.0. The summed E-state index contributed by atoms with van der Waals surface area (Å²) in [7, 11) is 0. The van der Waals surface area contributed by atoms with Gasteiger partial charge in [0.1, 0.15) is 0 Å². The summed E-state index contributed by atoms with van der Waals surface area (Å²) < 4.78 is 0. The molecule has 0 bridgehead atoms. The first-order chi connectivity index (χ1) is 14.6. The lowest BCUT2D eigenvalue weighted by Gasteiger charge is -2.44. The maximum absolute atomic E-state index is 10.1. The van der Waals surface area contributed by atoms with E-state index in [-0.39, 0.29) is 12.0 Å². The van der Waals surface area contributed by atoms with E-state index in [4.69, 9.17) is 0 Å². The lowest BCUT2D eigenvalue weighted by Crippen LogP contribution is -2.35. The molecule has 3 aliphatic carbocycles. The molecule has 0 spiro atoms. The molecule has 0 unspecified atom stereocenters. The Bertz CT molecular complexity index is 746. The van der Waals surface area contributed by atoms with E-state index in [0.29, 0.717) is 37.0 Å². The van der Waals surface area contributed by atoms with Gasteiger partial charge in [-0.3, -0.25) is 0 Å². The third-order valence-electron chi connectivity index (χ3n) is 8.27. The van der Waals surface area contributed by atoms with E-state index in [9.17, 15) is 20.4 Å². The molecule has 3 rings (SSSR count). The fourth-order valence-corrected chi connectivity index (χ4v) is 6.34. The van der Waals surface area contributed by atoms with Crippen LogP contribution in [-0.4, -0.2) is 44.8 Å². The quantitative estimate of drug-likeness (QED) is 0.469. The molecule has 0 aromatic heterocycles. The number of aliphatic hydroxyl groups excluding tert-OH is 3. The summed E-state index contributed by atoms with van der Waals surface area (Å²) >= 11 is 0. The smallest absolute Gasteiger partial charge is 0.0883 e. The largest absolute Gasteiger partial charge is 0.393 e. The van der Waals surface area contributed by atoms with Crippen LogP contribution in [0.1, 0.15) is 72.1 Å². The van der Waals surface area contributed by atoms with Crippen molar-refractivity contribution < 1.29 is 20.4 Å². The van der Waals surface area contributed by atoms with Crippen molar-refractivity contribution in [1.29, 1.82) is 0 Å². The number of hydrogen-bond donors (Lipinski definition) is 4. The van der Waals surface area contributed by atoms with E-state index in [2.05, 4.69) is 38.7 Å². The molecule has 4 heteroatoms. The Morgan fingerprint density at radius 2 is 2.00 bits per heavy atom. The van der Waals surface area contributed by atoms with Crippen LogP contribution in [0.3, 0.4) is 0 Å². The minimum absolute atomic E-state index is 0.223. The van der Waals surface area contributed by atoms with E-state index < -0.39 is 17.8 Å². The minimum atomic E-state index is -1.04. The molecule has 7 atom stereocenters. The molecule has 3 aliphatic rings. The summed E-state index contributed by atoms with van der Waals surface area (Å²) in [6.45, 7) is 10.2. The van der Waals surface area contributed by atoms with Crippen LogP contribution in [0.15, 0.2) is 47.6 Å². The highest BCUT2D eigenvalue weighted by Crippen LogP contribution is 2.59. The highest BCUT2D eigenvalue weighted by atomic mass is 16.3. The Hall–Kier alpha value is -1.20. The Balaban J connectivity index is 1.73. The van der Waals surface area contributed by atoms with E-state index in [1.807, 2.05) is 6.08 Å². The Kier molecular flexibility index (Phi) is 7.68. The first kappa shape index (κ1) is 24.4. The predicted molar refractivity (Wildman–Crippen MR) is 125 cm³/mol. The van der Waals surface area contributed by atoms with Crippen molar-refractivity contribution >= 4 is 0 Å². The molecule has 4 nitrogen and oxygen atoms in total. The van der Waals surface area contributed by atoms with Gasteiger partial charge in [0, 0.05) is 6.42 Å². The topological polar surface area (TPSA) is 80.9 Å². The fourth-order valence-electron chi connectivity index (χ4n) is 6.34. The number of allylic oxidation sites excluding steroid dienone is 4. The number of rotatable bonds is 6. The highest BCUT2D eigenvalue weighted by molar-refractivity contribution is 5.38. The molecule has 0 amide bonds. The zero-order chi connectivity index (χ0) is 22.8. The van der Waals surface area contributed by atoms with Gasteiger partial charge in [0.25, 0.3) is 0 Å². The second-order valence-corrected chi connectivity index (χ2v) is 10.8. The van der Waals surface area contributed by atoms with Gasteiger partial charge >= 0.3 is 0 Å². The third kappa shape index (κ3) is 5.42. The van der Waals surface area contributed by atoms with Gasteiger partial charge in [-0.05, 0) is 86.2 Å². The predicted octanol–water partition coefficient (Wildman–Crippen LogP) is 4.45. The van der Waals surface area contributed by atoms with Crippen LogP contribution < -0.4 is 0 Å². The van der Waals surface area contributed by atoms with Crippen molar-refractivity contribution in [2.45, 2.75) is 89.9 Å². The number of hydrogen-bond acceptors (Lipinski definition) is 4. The SMILES string of the molecule is C=C1/C(=C\C=C2\CCC[C@]3(C)[C@@H]([C@H](C)/C=C/C[C@](C)(O)CO)CC[C@@H]23)C[C@@H](O)C[C@@H]1O. The second kappa shape index (κ2) is 9.74. The van der Waals surface area contributed by atoms with Gasteiger partial charge in [0.2, 0.25) is 0 Å².